The van der Waals surface area contributed by atoms with Crippen molar-refractivity contribution in [2.45, 2.75) is 64.3 Å². The maximum absolute atomic E-state index is 5.73. The van der Waals surface area contributed by atoms with Gasteiger partial charge in [0.25, 0.3) is 5.95 Å². The lowest BCUT2D eigenvalue weighted by Crippen LogP contribution is -2.43. The molecule has 0 aliphatic carbocycles. The fraction of sp³-hybridized carbons (Fsp3) is 0.609. The van der Waals surface area contributed by atoms with Gasteiger partial charge >= 0.3 is 0 Å². The van der Waals surface area contributed by atoms with Crippen LogP contribution in [-0.2, 0) is 4.74 Å². The van der Waals surface area contributed by atoms with Gasteiger partial charge < -0.3 is 14.2 Å². The number of aromatic nitrogens is 4. The predicted molar refractivity (Wildman–Crippen MR) is 115 cm³/mol. The van der Waals surface area contributed by atoms with Crippen molar-refractivity contribution < 1.29 is 9.26 Å². The van der Waals surface area contributed by atoms with E-state index < -0.39 is 0 Å². The molecule has 4 heterocycles. The van der Waals surface area contributed by atoms with Crippen LogP contribution in [-0.4, -0.2) is 57.2 Å². The highest BCUT2D eigenvalue weighted by Gasteiger charge is 2.30. The van der Waals surface area contributed by atoms with E-state index in [2.05, 4.69) is 49.0 Å². The summed E-state index contributed by atoms with van der Waals surface area (Å²) in [5.41, 5.74) is 3.35. The van der Waals surface area contributed by atoms with E-state index in [4.69, 9.17) is 19.3 Å². The molecule has 0 N–H and O–H groups in total. The molecule has 0 spiro atoms. The molecule has 0 radical (unpaired) electrons. The van der Waals surface area contributed by atoms with Gasteiger partial charge in [0.1, 0.15) is 0 Å². The maximum atomic E-state index is 5.73. The number of benzene rings is 1. The fourth-order valence-corrected chi connectivity index (χ4v) is 4.97. The van der Waals surface area contributed by atoms with Gasteiger partial charge in [-0.2, -0.15) is 14.8 Å². The number of fused-ring (bicyclic) bond motifs is 1. The van der Waals surface area contributed by atoms with Crippen LogP contribution >= 0.6 is 0 Å². The summed E-state index contributed by atoms with van der Waals surface area (Å²) in [6, 6.07) is 6.95. The van der Waals surface area contributed by atoms with Gasteiger partial charge in [0, 0.05) is 30.6 Å². The van der Waals surface area contributed by atoms with Crippen LogP contribution in [0.25, 0.3) is 16.9 Å². The summed E-state index contributed by atoms with van der Waals surface area (Å²) in [4.78, 5) is 7.40. The van der Waals surface area contributed by atoms with E-state index in [1.165, 1.54) is 10.9 Å². The second-order valence-electron chi connectivity index (χ2n) is 9.01. The summed E-state index contributed by atoms with van der Waals surface area (Å²) in [6.45, 7) is 10.5. The van der Waals surface area contributed by atoms with E-state index in [0.29, 0.717) is 23.8 Å². The quantitative estimate of drug-likeness (QED) is 0.643. The zero-order chi connectivity index (χ0) is 20.7. The van der Waals surface area contributed by atoms with Crippen molar-refractivity contribution in [3.63, 3.8) is 0 Å². The van der Waals surface area contributed by atoms with Crippen LogP contribution < -0.4 is 0 Å². The van der Waals surface area contributed by atoms with E-state index in [1.54, 1.807) is 0 Å². The lowest BCUT2D eigenvalue weighted by molar-refractivity contribution is 0.0239. The molecular weight excluding hydrogens is 378 g/mol. The van der Waals surface area contributed by atoms with Crippen LogP contribution in [0.15, 0.2) is 22.7 Å². The first-order valence-electron chi connectivity index (χ1n) is 11.3. The zero-order valence-corrected chi connectivity index (χ0v) is 18.2. The summed E-state index contributed by atoms with van der Waals surface area (Å²) in [5.74, 6) is 1.95. The average Bonchev–Trinajstić information content (AvgIpc) is 3.40. The molecule has 0 saturated carbocycles. The van der Waals surface area contributed by atoms with Crippen LogP contribution in [0.3, 0.4) is 0 Å². The molecule has 0 unspecified atom stereocenters. The summed E-state index contributed by atoms with van der Waals surface area (Å²) >= 11 is 0. The fourth-order valence-electron chi connectivity index (χ4n) is 4.97. The molecule has 0 bridgehead atoms. The molecule has 1 aromatic carbocycles. The maximum Gasteiger partial charge on any atom is 0.291 e. The molecule has 2 aliphatic rings. The number of aryl methyl sites for hydroxylation is 1. The second-order valence-corrected chi connectivity index (χ2v) is 9.01. The van der Waals surface area contributed by atoms with Gasteiger partial charge in [0.15, 0.2) is 0 Å². The van der Waals surface area contributed by atoms with Gasteiger partial charge in [0.2, 0.25) is 5.89 Å². The van der Waals surface area contributed by atoms with Gasteiger partial charge in [0.05, 0.1) is 11.2 Å². The molecule has 2 aromatic heterocycles. The normalized spacial score (nSPS) is 19.9. The molecular formula is C23H31N5O2. The molecule has 2 saturated heterocycles. The minimum Gasteiger partial charge on any atom is -0.381 e. The number of ether oxygens (including phenoxy) is 1. The Morgan fingerprint density at radius 2 is 1.83 bits per heavy atom. The van der Waals surface area contributed by atoms with Crippen molar-refractivity contribution in [3.05, 3.63) is 35.3 Å². The largest absolute Gasteiger partial charge is 0.381 e. The van der Waals surface area contributed by atoms with Crippen LogP contribution in [0.4, 0.5) is 0 Å². The SMILES string of the molecule is Cc1cccc2c1c(C(C)C)nn2-c1noc(C2CCN(C3CCOCC3)CC2)n1. The van der Waals surface area contributed by atoms with Crippen molar-refractivity contribution in [2.75, 3.05) is 26.3 Å². The van der Waals surface area contributed by atoms with E-state index in [0.717, 1.165) is 69.1 Å². The smallest absolute Gasteiger partial charge is 0.291 e. The number of hydrogen-bond donors (Lipinski definition) is 0. The standard InChI is InChI=1S/C23H31N5O2/c1-15(2)21-20-16(3)5-4-6-19(20)28(25-21)23-24-22(30-26-23)17-7-11-27(12-8-17)18-9-13-29-14-10-18/h4-6,15,17-18H,7-14H2,1-3H3. The number of hydrogen-bond acceptors (Lipinski definition) is 6. The Morgan fingerprint density at radius 1 is 1.07 bits per heavy atom. The van der Waals surface area contributed by atoms with Crippen molar-refractivity contribution in [3.8, 4) is 5.95 Å². The van der Waals surface area contributed by atoms with E-state index in [9.17, 15) is 0 Å². The number of piperidine rings is 1. The first-order chi connectivity index (χ1) is 14.6. The van der Waals surface area contributed by atoms with Crippen LogP contribution in [0.5, 0.6) is 0 Å². The first-order valence-corrected chi connectivity index (χ1v) is 11.3. The summed E-state index contributed by atoms with van der Waals surface area (Å²) in [6.07, 6.45) is 4.43. The first kappa shape index (κ1) is 19.7. The van der Waals surface area contributed by atoms with Crippen LogP contribution in [0.1, 0.15) is 68.5 Å². The molecule has 5 rings (SSSR count). The Morgan fingerprint density at radius 3 is 2.57 bits per heavy atom. The van der Waals surface area contributed by atoms with Gasteiger partial charge in [-0.05, 0) is 68.4 Å². The van der Waals surface area contributed by atoms with Crippen molar-refractivity contribution in [2.24, 2.45) is 0 Å². The van der Waals surface area contributed by atoms with Crippen molar-refractivity contribution >= 4 is 10.9 Å². The highest BCUT2D eigenvalue weighted by molar-refractivity contribution is 5.86. The Hall–Kier alpha value is -2.25. The molecule has 7 nitrogen and oxygen atoms in total. The van der Waals surface area contributed by atoms with Crippen molar-refractivity contribution in [1.29, 1.82) is 0 Å². The zero-order valence-electron chi connectivity index (χ0n) is 18.2. The van der Waals surface area contributed by atoms with Gasteiger partial charge in [-0.25, -0.2) is 0 Å². The molecule has 0 amide bonds. The second kappa shape index (κ2) is 8.12. The Balaban J connectivity index is 1.36. The highest BCUT2D eigenvalue weighted by atomic mass is 16.5. The third-order valence-corrected chi connectivity index (χ3v) is 6.70. The highest BCUT2D eigenvalue weighted by Crippen LogP contribution is 2.32. The molecule has 3 aromatic rings. The summed E-state index contributed by atoms with van der Waals surface area (Å²) < 4.78 is 13.1. The summed E-state index contributed by atoms with van der Waals surface area (Å²) in [5, 5.41) is 10.4. The van der Waals surface area contributed by atoms with Crippen molar-refractivity contribution in [1.82, 2.24) is 24.8 Å². The van der Waals surface area contributed by atoms with Crippen LogP contribution in [0, 0.1) is 6.92 Å². The number of nitrogens with zero attached hydrogens (tertiary/aromatic N) is 5. The lowest BCUT2D eigenvalue weighted by atomic mass is 9.94. The van der Waals surface area contributed by atoms with Gasteiger partial charge in [-0.15, -0.1) is 0 Å². The Bertz CT molecular complexity index is 1010. The Labute approximate surface area is 177 Å². The molecule has 2 aliphatic heterocycles. The van der Waals surface area contributed by atoms with Crippen LogP contribution in [0.2, 0.25) is 0 Å². The molecule has 2 fully saturated rings. The minimum absolute atomic E-state index is 0.329. The minimum atomic E-state index is 0.329. The third kappa shape index (κ3) is 3.54. The van der Waals surface area contributed by atoms with Gasteiger partial charge in [-0.3, -0.25) is 0 Å². The van der Waals surface area contributed by atoms with E-state index in [-0.39, 0.29) is 0 Å². The molecule has 160 valence electrons. The summed E-state index contributed by atoms with van der Waals surface area (Å²) in [7, 11) is 0. The average molecular weight is 410 g/mol. The lowest BCUT2D eigenvalue weighted by Gasteiger charge is -2.38. The van der Waals surface area contributed by atoms with E-state index in [1.807, 2.05) is 4.68 Å². The number of rotatable bonds is 4. The Kier molecular flexibility index (Phi) is 5.33. The third-order valence-electron chi connectivity index (χ3n) is 6.70. The number of likely N-dealkylation sites (tertiary alicyclic amines) is 1. The molecule has 30 heavy (non-hydrogen) atoms. The molecule has 0 atom stereocenters. The monoisotopic (exact) mass is 409 g/mol. The topological polar surface area (TPSA) is 69.2 Å². The van der Waals surface area contributed by atoms with E-state index >= 15 is 0 Å². The predicted octanol–water partition coefficient (Wildman–Crippen LogP) is 4.20. The van der Waals surface area contributed by atoms with Gasteiger partial charge in [-0.1, -0.05) is 26.0 Å². The molecule has 7 heteroatoms.